The van der Waals surface area contributed by atoms with E-state index in [9.17, 15) is 4.79 Å². The van der Waals surface area contributed by atoms with Crippen molar-refractivity contribution in [2.75, 3.05) is 25.6 Å². The number of hydrogen-bond acceptors (Lipinski definition) is 5. The Morgan fingerprint density at radius 2 is 2.24 bits per heavy atom. The summed E-state index contributed by atoms with van der Waals surface area (Å²) < 4.78 is 6.60. The molecule has 1 aromatic carbocycles. The summed E-state index contributed by atoms with van der Waals surface area (Å²) in [6, 6.07) is 8.03. The van der Waals surface area contributed by atoms with E-state index in [2.05, 4.69) is 21.7 Å². The van der Waals surface area contributed by atoms with Gasteiger partial charge in [-0.25, -0.2) is 9.48 Å². The van der Waals surface area contributed by atoms with E-state index in [4.69, 9.17) is 9.84 Å². The van der Waals surface area contributed by atoms with Crippen molar-refractivity contribution in [3.8, 4) is 0 Å². The fraction of sp³-hybridized carbons (Fsp3) is 0.357. The zero-order valence-corrected chi connectivity index (χ0v) is 11.8. The number of nitrogens with one attached hydrogen (secondary N) is 1. The number of nitrogens with zero attached hydrogens (tertiary/aromatic N) is 3. The SMILES string of the molecule is COCCc1ccccc1NCCn1cc(C(=O)O)nn1. The quantitative estimate of drug-likeness (QED) is 0.761. The van der Waals surface area contributed by atoms with Gasteiger partial charge >= 0.3 is 5.97 Å². The normalized spacial score (nSPS) is 10.5. The lowest BCUT2D eigenvalue weighted by atomic mass is 10.1. The first-order valence-electron chi connectivity index (χ1n) is 6.65. The predicted molar refractivity (Wildman–Crippen MR) is 77.5 cm³/mol. The van der Waals surface area contributed by atoms with Crippen molar-refractivity contribution in [1.82, 2.24) is 15.0 Å². The summed E-state index contributed by atoms with van der Waals surface area (Å²) in [6.07, 6.45) is 2.26. The molecule has 0 unspecified atom stereocenters. The molecule has 0 atom stereocenters. The van der Waals surface area contributed by atoms with Crippen LogP contribution in [-0.2, 0) is 17.7 Å². The lowest BCUT2D eigenvalue weighted by Gasteiger charge is -2.11. The Morgan fingerprint density at radius 1 is 1.43 bits per heavy atom. The minimum atomic E-state index is -1.07. The molecule has 0 aliphatic rings. The van der Waals surface area contributed by atoms with Gasteiger partial charge in [-0.05, 0) is 18.1 Å². The van der Waals surface area contributed by atoms with Gasteiger partial charge in [0.25, 0.3) is 0 Å². The highest BCUT2D eigenvalue weighted by molar-refractivity contribution is 5.84. The summed E-state index contributed by atoms with van der Waals surface area (Å²) in [5.41, 5.74) is 2.19. The van der Waals surface area contributed by atoms with Gasteiger partial charge in [-0.3, -0.25) is 0 Å². The molecular formula is C14H18N4O3. The second kappa shape index (κ2) is 7.39. The van der Waals surface area contributed by atoms with E-state index in [1.165, 1.54) is 16.4 Å². The van der Waals surface area contributed by atoms with Crippen LogP contribution in [0.2, 0.25) is 0 Å². The van der Waals surface area contributed by atoms with Crippen molar-refractivity contribution in [2.24, 2.45) is 0 Å². The molecule has 0 saturated heterocycles. The molecule has 7 nitrogen and oxygen atoms in total. The zero-order chi connectivity index (χ0) is 15.1. The minimum Gasteiger partial charge on any atom is -0.476 e. The lowest BCUT2D eigenvalue weighted by molar-refractivity contribution is 0.0690. The molecule has 2 aromatic rings. The van der Waals surface area contributed by atoms with Crippen LogP contribution in [-0.4, -0.2) is 46.3 Å². The molecule has 21 heavy (non-hydrogen) atoms. The number of para-hydroxylation sites is 1. The third kappa shape index (κ3) is 4.28. The molecule has 112 valence electrons. The molecule has 2 rings (SSSR count). The number of carbonyl (C=O) groups is 1. The van der Waals surface area contributed by atoms with Crippen LogP contribution < -0.4 is 5.32 Å². The van der Waals surface area contributed by atoms with Crippen molar-refractivity contribution in [1.29, 1.82) is 0 Å². The van der Waals surface area contributed by atoms with E-state index in [0.29, 0.717) is 19.7 Å². The Kier molecular flexibility index (Phi) is 5.28. The van der Waals surface area contributed by atoms with Crippen LogP contribution in [0.5, 0.6) is 0 Å². The van der Waals surface area contributed by atoms with Crippen molar-refractivity contribution in [3.05, 3.63) is 41.7 Å². The van der Waals surface area contributed by atoms with Crippen molar-refractivity contribution in [2.45, 2.75) is 13.0 Å². The van der Waals surface area contributed by atoms with Gasteiger partial charge in [-0.1, -0.05) is 23.4 Å². The Bertz CT molecular complexity index is 597. The molecule has 7 heteroatoms. The van der Waals surface area contributed by atoms with Crippen LogP contribution in [0.3, 0.4) is 0 Å². The summed E-state index contributed by atoms with van der Waals surface area (Å²) in [6.45, 7) is 1.84. The number of hydrogen-bond donors (Lipinski definition) is 2. The van der Waals surface area contributed by atoms with E-state index >= 15 is 0 Å². The van der Waals surface area contributed by atoms with Crippen LogP contribution >= 0.6 is 0 Å². The highest BCUT2D eigenvalue weighted by atomic mass is 16.5. The molecule has 1 heterocycles. The Morgan fingerprint density at radius 3 is 2.95 bits per heavy atom. The van der Waals surface area contributed by atoms with Gasteiger partial charge in [0.1, 0.15) is 0 Å². The second-order valence-corrected chi connectivity index (χ2v) is 4.50. The van der Waals surface area contributed by atoms with Gasteiger partial charge < -0.3 is 15.2 Å². The van der Waals surface area contributed by atoms with Crippen molar-refractivity contribution >= 4 is 11.7 Å². The number of methoxy groups -OCH3 is 1. The summed E-state index contributed by atoms with van der Waals surface area (Å²) in [4.78, 5) is 10.7. The van der Waals surface area contributed by atoms with Crippen molar-refractivity contribution in [3.63, 3.8) is 0 Å². The van der Waals surface area contributed by atoms with E-state index in [1.807, 2.05) is 18.2 Å². The molecule has 0 amide bonds. The zero-order valence-electron chi connectivity index (χ0n) is 11.8. The summed E-state index contributed by atoms with van der Waals surface area (Å²) in [7, 11) is 1.68. The van der Waals surface area contributed by atoms with Crippen LogP contribution in [0.4, 0.5) is 5.69 Å². The molecule has 0 bridgehead atoms. The first kappa shape index (κ1) is 15.0. The summed E-state index contributed by atoms with van der Waals surface area (Å²) in [5, 5.41) is 19.4. The van der Waals surface area contributed by atoms with E-state index in [1.54, 1.807) is 7.11 Å². The Hall–Kier alpha value is -2.41. The van der Waals surface area contributed by atoms with Crippen molar-refractivity contribution < 1.29 is 14.6 Å². The topological polar surface area (TPSA) is 89.3 Å². The van der Waals surface area contributed by atoms with Crippen LogP contribution in [0.1, 0.15) is 16.1 Å². The molecular weight excluding hydrogens is 272 g/mol. The number of aromatic carboxylic acids is 1. The molecule has 0 aliphatic heterocycles. The number of aromatic nitrogens is 3. The van der Waals surface area contributed by atoms with Gasteiger partial charge in [0.2, 0.25) is 0 Å². The summed E-state index contributed by atoms with van der Waals surface area (Å²) in [5.74, 6) is -1.07. The third-order valence-electron chi connectivity index (χ3n) is 3.01. The smallest absolute Gasteiger partial charge is 0.358 e. The molecule has 1 aromatic heterocycles. The van der Waals surface area contributed by atoms with Gasteiger partial charge in [0, 0.05) is 19.3 Å². The van der Waals surface area contributed by atoms with Crippen LogP contribution in [0.15, 0.2) is 30.5 Å². The number of carboxylic acids is 1. The maximum atomic E-state index is 10.7. The molecule has 0 aliphatic carbocycles. The molecule has 0 radical (unpaired) electrons. The fourth-order valence-corrected chi connectivity index (χ4v) is 1.93. The minimum absolute atomic E-state index is 0.0458. The monoisotopic (exact) mass is 290 g/mol. The second-order valence-electron chi connectivity index (χ2n) is 4.50. The number of ether oxygens (including phenoxy) is 1. The summed E-state index contributed by atoms with van der Waals surface area (Å²) >= 11 is 0. The average Bonchev–Trinajstić information content (AvgIpc) is 2.95. The average molecular weight is 290 g/mol. The van der Waals surface area contributed by atoms with Gasteiger partial charge in [-0.2, -0.15) is 0 Å². The highest BCUT2D eigenvalue weighted by Crippen LogP contribution is 2.15. The Balaban J connectivity index is 1.89. The number of rotatable bonds is 8. The van der Waals surface area contributed by atoms with Crippen LogP contribution in [0.25, 0.3) is 0 Å². The lowest BCUT2D eigenvalue weighted by Crippen LogP contribution is -2.12. The fourth-order valence-electron chi connectivity index (χ4n) is 1.93. The molecule has 0 saturated carbocycles. The highest BCUT2D eigenvalue weighted by Gasteiger charge is 2.07. The van der Waals surface area contributed by atoms with Crippen LogP contribution in [0, 0.1) is 0 Å². The predicted octanol–water partition coefficient (Wildman–Crippen LogP) is 1.28. The first-order valence-corrected chi connectivity index (χ1v) is 6.65. The third-order valence-corrected chi connectivity index (χ3v) is 3.01. The van der Waals surface area contributed by atoms with Gasteiger partial charge in [0.15, 0.2) is 5.69 Å². The maximum Gasteiger partial charge on any atom is 0.358 e. The molecule has 0 fully saturated rings. The largest absolute Gasteiger partial charge is 0.476 e. The molecule has 2 N–H and O–H groups in total. The van der Waals surface area contributed by atoms with E-state index in [-0.39, 0.29) is 5.69 Å². The number of benzene rings is 1. The molecule has 0 spiro atoms. The first-order chi connectivity index (χ1) is 10.2. The van der Waals surface area contributed by atoms with Gasteiger partial charge in [0.05, 0.1) is 19.3 Å². The Labute approximate surface area is 122 Å². The standard InChI is InChI=1S/C14H18N4O3/c1-21-9-6-11-4-2-3-5-12(11)15-7-8-18-10-13(14(19)20)16-17-18/h2-5,10,15H,6-9H2,1H3,(H,19,20). The number of carboxylic acid groups (broad SMARTS) is 1. The van der Waals surface area contributed by atoms with E-state index < -0.39 is 5.97 Å². The van der Waals surface area contributed by atoms with Gasteiger partial charge in [-0.15, -0.1) is 5.10 Å². The van der Waals surface area contributed by atoms with E-state index in [0.717, 1.165) is 12.1 Å². The number of anilines is 1. The maximum absolute atomic E-state index is 10.7.